The molecule has 2 rings (SSSR count). The van der Waals surface area contributed by atoms with Crippen LogP contribution in [0.1, 0.15) is 94.9 Å². The lowest BCUT2D eigenvalue weighted by Gasteiger charge is -2.48. The third-order valence-corrected chi connectivity index (χ3v) is 8.35. The van der Waals surface area contributed by atoms with E-state index >= 15 is 0 Å². The van der Waals surface area contributed by atoms with Crippen LogP contribution < -0.4 is 0 Å². The highest BCUT2D eigenvalue weighted by Crippen LogP contribution is 2.53. The number of rotatable bonds is 11. The van der Waals surface area contributed by atoms with Crippen molar-refractivity contribution in [3.05, 3.63) is 37.1 Å². The minimum absolute atomic E-state index is 0.0190. The highest BCUT2D eigenvalue weighted by Gasteiger charge is 2.50. The Morgan fingerprint density at radius 1 is 1.03 bits per heavy atom. The molecule has 0 radical (unpaired) electrons. The zero-order valence-electron chi connectivity index (χ0n) is 25.7. The van der Waals surface area contributed by atoms with Crippen LogP contribution in [0.3, 0.4) is 0 Å². The monoisotopic (exact) mass is 517 g/mol. The summed E-state index contributed by atoms with van der Waals surface area (Å²) in [4.78, 5) is 27.6. The average Bonchev–Trinajstić information content (AvgIpc) is 3.52. The summed E-state index contributed by atoms with van der Waals surface area (Å²) in [6.45, 7) is 32.0. The van der Waals surface area contributed by atoms with Crippen molar-refractivity contribution in [1.29, 1.82) is 0 Å². The van der Waals surface area contributed by atoms with E-state index in [4.69, 9.17) is 9.47 Å². The number of methoxy groups -OCH3 is 1. The lowest BCUT2D eigenvalue weighted by molar-refractivity contribution is -0.138. The molecule has 2 heterocycles. The maximum absolute atomic E-state index is 13.5. The van der Waals surface area contributed by atoms with Gasteiger partial charge in [0.1, 0.15) is 6.10 Å². The second kappa shape index (κ2) is 12.9. The molecular weight excluding hydrogens is 462 g/mol. The van der Waals surface area contributed by atoms with Gasteiger partial charge in [0.15, 0.2) is 0 Å². The number of hydrogen-bond acceptors (Lipinski definition) is 4. The molecule has 5 heteroatoms. The Morgan fingerprint density at radius 2 is 1.59 bits per heavy atom. The normalized spacial score (nSPS) is 21.9. The first-order chi connectivity index (χ1) is 16.8. The van der Waals surface area contributed by atoms with Gasteiger partial charge in [-0.15, -0.1) is 0 Å². The summed E-state index contributed by atoms with van der Waals surface area (Å²) in [5, 5.41) is 0. The first-order valence-corrected chi connectivity index (χ1v) is 13.7. The quantitative estimate of drug-likeness (QED) is 0.161. The molecule has 0 aromatic carbocycles. The van der Waals surface area contributed by atoms with E-state index in [-0.39, 0.29) is 46.3 Å². The van der Waals surface area contributed by atoms with E-state index in [0.717, 1.165) is 32.5 Å². The molecule has 0 aromatic heterocycles. The Hall–Kier alpha value is -1.72. The highest BCUT2D eigenvalue weighted by atomic mass is 16.6. The smallest absolute Gasteiger partial charge is 0.237 e. The molecule has 2 saturated heterocycles. The number of nitrogens with zero attached hydrogens (tertiary/aromatic N) is 1. The van der Waals surface area contributed by atoms with Crippen LogP contribution in [0.4, 0.5) is 0 Å². The number of imide groups is 1. The van der Waals surface area contributed by atoms with Gasteiger partial charge in [0.2, 0.25) is 11.8 Å². The summed E-state index contributed by atoms with van der Waals surface area (Å²) in [5.41, 5.74) is 0.855. The second-order valence-electron chi connectivity index (χ2n) is 14.3. The van der Waals surface area contributed by atoms with Gasteiger partial charge in [0.05, 0.1) is 24.8 Å². The van der Waals surface area contributed by atoms with E-state index in [0.29, 0.717) is 17.2 Å². The van der Waals surface area contributed by atoms with Gasteiger partial charge >= 0.3 is 0 Å². The van der Waals surface area contributed by atoms with E-state index in [1.165, 1.54) is 4.90 Å². The van der Waals surface area contributed by atoms with E-state index in [2.05, 4.69) is 82.4 Å². The third kappa shape index (κ3) is 9.83. The first-order valence-electron chi connectivity index (χ1n) is 13.7. The molecule has 37 heavy (non-hydrogen) atoms. The van der Waals surface area contributed by atoms with E-state index in [1.54, 1.807) is 25.3 Å². The maximum Gasteiger partial charge on any atom is 0.237 e. The van der Waals surface area contributed by atoms with Crippen molar-refractivity contribution in [2.45, 2.75) is 101 Å². The largest absolute Gasteiger partial charge is 0.382 e. The number of likely N-dealkylation sites (tertiary alicyclic amines) is 1. The molecule has 212 valence electrons. The van der Waals surface area contributed by atoms with Crippen LogP contribution in [-0.4, -0.2) is 43.1 Å². The molecule has 0 bridgehead atoms. The molecule has 0 N–H and O–H groups in total. The number of epoxide rings is 1. The molecule has 2 amide bonds. The standard InChI is InChI=1S/C28H47NO2.C4H8O2/c1-13-15-20(14-2)29-23(30)18-21(24(29)31)22(26(6,7)8)19-28(11,12)27(9,10)17-16-25(3,4)5;1-5-2-4-3-6-4/h13-15,21-22H,1-2,16-19H2,3-12H3;4H,2-3H2,1H3/b20-15+;. The molecule has 2 fully saturated rings. The summed E-state index contributed by atoms with van der Waals surface area (Å²) >= 11 is 0. The molecule has 2 aliphatic rings. The Labute approximate surface area is 227 Å². The molecule has 0 saturated carbocycles. The zero-order valence-corrected chi connectivity index (χ0v) is 25.7. The number of ether oxygens (including phenoxy) is 2. The fourth-order valence-corrected chi connectivity index (χ4v) is 4.85. The van der Waals surface area contributed by atoms with Crippen molar-refractivity contribution < 1.29 is 19.1 Å². The summed E-state index contributed by atoms with van der Waals surface area (Å²) in [6, 6.07) is 0. The van der Waals surface area contributed by atoms with E-state index in [1.807, 2.05) is 0 Å². The lowest BCUT2D eigenvalue weighted by atomic mass is 9.57. The van der Waals surface area contributed by atoms with Gasteiger partial charge < -0.3 is 9.47 Å². The van der Waals surface area contributed by atoms with Crippen molar-refractivity contribution in [2.24, 2.45) is 33.5 Å². The lowest BCUT2D eigenvalue weighted by Crippen LogP contribution is -2.42. The van der Waals surface area contributed by atoms with Gasteiger partial charge in [-0.2, -0.15) is 0 Å². The Balaban J connectivity index is 0.000000992. The van der Waals surface area contributed by atoms with Crippen LogP contribution in [-0.2, 0) is 19.1 Å². The zero-order chi connectivity index (χ0) is 28.8. The SMILES string of the molecule is C=C/C=C(\C=C)N1C(=O)CC(C(CC(C)(C)C(C)(C)CCC(C)(C)C)C(C)(C)C)C1=O.COCC1CO1. The number of carbonyl (C=O) groups is 2. The highest BCUT2D eigenvalue weighted by molar-refractivity contribution is 6.05. The Morgan fingerprint density at radius 3 is 1.97 bits per heavy atom. The van der Waals surface area contributed by atoms with Gasteiger partial charge in [-0.25, -0.2) is 0 Å². The maximum atomic E-state index is 13.5. The fourth-order valence-electron chi connectivity index (χ4n) is 4.85. The summed E-state index contributed by atoms with van der Waals surface area (Å²) in [6.07, 6.45) is 8.71. The van der Waals surface area contributed by atoms with E-state index < -0.39 is 0 Å². The van der Waals surface area contributed by atoms with Gasteiger partial charge in [0.25, 0.3) is 0 Å². The topological polar surface area (TPSA) is 59.1 Å². The second-order valence-corrected chi connectivity index (χ2v) is 14.3. The van der Waals surface area contributed by atoms with Crippen molar-refractivity contribution in [3.8, 4) is 0 Å². The van der Waals surface area contributed by atoms with Crippen LogP contribution in [0.25, 0.3) is 0 Å². The predicted octanol–water partition coefficient (Wildman–Crippen LogP) is 7.58. The molecule has 2 aliphatic heterocycles. The van der Waals surface area contributed by atoms with Crippen molar-refractivity contribution in [3.63, 3.8) is 0 Å². The van der Waals surface area contributed by atoms with Crippen LogP contribution in [0.5, 0.6) is 0 Å². The number of amides is 2. The average molecular weight is 518 g/mol. The number of hydrogen-bond donors (Lipinski definition) is 0. The van der Waals surface area contributed by atoms with E-state index in [9.17, 15) is 9.59 Å². The van der Waals surface area contributed by atoms with Crippen molar-refractivity contribution in [2.75, 3.05) is 20.3 Å². The minimum atomic E-state index is -0.307. The Bertz CT molecular complexity index is 834. The first kappa shape index (κ1) is 33.3. The molecule has 3 unspecified atom stereocenters. The summed E-state index contributed by atoms with van der Waals surface area (Å²) in [5.74, 6) is -0.436. The van der Waals surface area contributed by atoms with Gasteiger partial charge in [-0.05, 0) is 59.0 Å². The number of carbonyl (C=O) groups excluding carboxylic acids is 2. The Kier molecular flexibility index (Phi) is 11.6. The van der Waals surface area contributed by atoms with Crippen LogP contribution in [0.2, 0.25) is 0 Å². The molecule has 5 nitrogen and oxygen atoms in total. The van der Waals surface area contributed by atoms with Gasteiger partial charge in [-0.1, -0.05) is 88.5 Å². The summed E-state index contributed by atoms with van der Waals surface area (Å²) < 4.78 is 9.56. The van der Waals surface area contributed by atoms with Gasteiger partial charge in [-0.3, -0.25) is 14.5 Å². The molecule has 0 aromatic rings. The summed E-state index contributed by atoms with van der Waals surface area (Å²) in [7, 11) is 1.68. The fraction of sp³-hybridized carbons (Fsp3) is 0.750. The molecular formula is C32H55NO4. The van der Waals surface area contributed by atoms with Gasteiger partial charge in [0, 0.05) is 13.5 Å². The molecule has 3 atom stereocenters. The van der Waals surface area contributed by atoms with Crippen molar-refractivity contribution >= 4 is 11.8 Å². The molecule has 0 spiro atoms. The van der Waals surface area contributed by atoms with Crippen LogP contribution >= 0.6 is 0 Å². The predicted molar refractivity (Wildman–Crippen MR) is 154 cm³/mol. The number of allylic oxidation sites excluding steroid dienone is 3. The van der Waals surface area contributed by atoms with Crippen LogP contribution in [0, 0.1) is 33.5 Å². The minimum Gasteiger partial charge on any atom is -0.382 e. The van der Waals surface area contributed by atoms with Crippen LogP contribution in [0.15, 0.2) is 37.1 Å². The van der Waals surface area contributed by atoms with Crippen molar-refractivity contribution in [1.82, 2.24) is 4.90 Å². The third-order valence-electron chi connectivity index (χ3n) is 8.35. The molecule has 0 aliphatic carbocycles.